The molecule has 144 valence electrons. The van der Waals surface area contributed by atoms with Crippen LogP contribution in [0.25, 0.3) is 0 Å². The van der Waals surface area contributed by atoms with Crippen LogP contribution < -0.4 is 15.4 Å². The van der Waals surface area contributed by atoms with E-state index in [2.05, 4.69) is 15.6 Å². The molecule has 5 nitrogen and oxygen atoms in total. The van der Waals surface area contributed by atoms with Crippen molar-refractivity contribution in [1.29, 1.82) is 0 Å². The number of hydrogen-bond acceptors (Lipinski definition) is 4. The van der Waals surface area contributed by atoms with E-state index in [0.717, 1.165) is 17.7 Å². The Morgan fingerprint density at radius 2 is 1.79 bits per heavy atom. The van der Waals surface area contributed by atoms with Gasteiger partial charge in [0.25, 0.3) is 5.91 Å². The van der Waals surface area contributed by atoms with Gasteiger partial charge in [0.1, 0.15) is 11.6 Å². The van der Waals surface area contributed by atoms with E-state index < -0.39 is 23.4 Å². The molecule has 1 amide bonds. The average Bonchev–Trinajstić information content (AvgIpc) is 2.69. The van der Waals surface area contributed by atoms with Gasteiger partial charge in [0.15, 0.2) is 17.5 Å². The van der Waals surface area contributed by atoms with E-state index in [1.54, 1.807) is 12.1 Å². The fraction of sp³-hybridized carbons (Fsp3) is 0.100. The maximum Gasteiger partial charge on any atom is 0.257 e. The van der Waals surface area contributed by atoms with Crippen molar-refractivity contribution < 1.29 is 22.7 Å². The molecule has 0 aliphatic rings. The van der Waals surface area contributed by atoms with E-state index >= 15 is 0 Å². The molecule has 0 saturated carbocycles. The minimum Gasteiger partial charge on any atom is -0.495 e. The highest BCUT2D eigenvalue weighted by atomic mass is 19.2. The van der Waals surface area contributed by atoms with Crippen LogP contribution in [0.4, 0.5) is 30.4 Å². The predicted octanol–water partition coefficient (Wildman–Crippen LogP) is 4.81. The first-order chi connectivity index (χ1) is 13.4. The molecule has 0 aliphatic heterocycles. The molecule has 2 N–H and O–H groups in total. The van der Waals surface area contributed by atoms with Crippen LogP contribution in [0.1, 0.15) is 15.9 Å². The zero-order valence-corrected chi connectivity index (χ0v) is 15.0. The Morgan fingerprint density at radius 3 is 2.46 bits per heavy atom. The molecule has 0 unspecified atom stereocenters. The van der Waals surface area contributed by atoms with Crippen molar-refractivity contribution in [3.8, 4) is 5.75 Å². The van der Waals surface area contributed by atoms with Crippen molar-refractivity contribution in [2.75, 3.05) is 17.7 Å². The molecular formula is C20H16F3N3O2. The van der Waals surface area contributed by atoms with Crippen LogP contribution >= 0.6 is 0 Å². The standard InChI is InChI=1S/C20H16F3N3O2/c1-11-3-7-16(28-2)15(9-11)26-20(27)12-4-8-17(24-10-12)25-14-6-5-13(21)18(22)19(14)23/h3-10H,1-2H3,(H,24,25)(H,26,27). The second kappa shape index (κ2) is 7.99. The number of aromatic nitrogens is 1. The van der Waals surface area contributed by atoms with Crippen molar-refractivity contribution in [3.05, 3.63) is 77.2 Å². The zero-order chi connectivity index (χ0) is 20.3. The second-order valence-electron chi connectivity index (χ2n) is 5.94. The molecular weight excluding hydrogens is 371 g/mol. The largest absolute Gasteiger partial charge is 0.495 e. The zero-order valence-electron chi connectivity index (χ0n) is 15.0. The van der Waals surface area contributed by atoms with Crippen molar-refractivity contribution in [3.63, 3.8) is 0 Å². The maximum absolute atomic E-state index is 13.7. The smallest absolute Gasteiger partial charge is 0.257 e. The number of benzene rings is 2. The number of halogens is 3. The molecule has 28 heavy (non-hydrogen) atoms. The normalized spacial score (nSPS) is 10.5. The second-order valence-corrected chi connectivity index (χ2v) is 5.94. The minimum atomic E-state index is -1.58. The van der Waals surface area contributed by atoms with Crippen LogP contribution in [0.3, 0.4) is 0 Å². The predicted molar refractivity (Wildman–Crippen MR) is 99.5 cm³/mol. The fourth-order valence-corrected chi connectivity index (χ4v) is 2.48. The third-order valence-corrected chi connectivity index (χ3v) is 3.93. The van der Waals surface area contributed by atoms with Gasteiger partial charge < -0.3 is 15.4 Å². The number of methoxy groups -OCH3 is 1. The molecule has 0 spiro atoms. The van der Waals surface area contributed by atoms with Gasteiger partial charge in [0.05, 0.1) is 24.0 Å². The summed E-state index contributed by atoms with van der Waals surface area (Å²) in [6.45, 7) is 1.88. The first-order valence-corrected chi connectivity index (χ1v) is 8.21. The highest BCUT2D eigenvalue weighted by Crippen LogP contribution is 2.26. The summed E-state index contributed by atoms with van der Waals surface area (Å²) in [5.74, 6) is -3.95. The van der Waals surface area contributed by atoms with E-state index in [1.807, 2.05) is 13.0 Å². The summed E-state index contributed by atoms with van der Waals surface area (Å²) in [6, 6.07) is 10.1. The number of hydrogen-bond donors (Lipinski definition) is 2. The quantitative estimate of drug-likeness (QED) is 0.617. The van der Waals surface area contributed by atoms with Crippen LogP contribution in [-0.4, -0.2) is 18.0 Å². The van der Waals surface area contributed by atoms with Crippen molar-refractivity contribution >= 4 is 23.1 Å². The maximum atomic E-state index is 13.7. The van der Waals surface area contributed by atoms with Gasteiger partial charge in [-0.2, -0.15) is 0 Å². The van der Waals surface area contributed by atoms with Gasteiger partial charge in [-0.05, 0) is 48.9 Å². The molecule has 1 heterocycles. The van der Waals surface area contributed by atoms with Crippen LogP contribution in [-0.2, 0) is 0 Å². The summed E-state index contributed by atoms with van der Waals surface area (Å²) in [5.41, 5.74) is 1.44. The number of nitrogens with zero attached hydrogens (tertiary/aromatic N) is 1. The molecule has 0 atom stereocenters. The summed E-state index contributed by atoms with van der Waals surface area (Å²) in [7, 11) is 1.50. The first-order valence-electron chi connectivity index (χ1n) is 8.21. The Balaban J connectivity index is 1.75. The number of pyridine rings is 1. The van der Waals surface area contributed by atoms with E-state index in [1.165, 1.54) is 25.4 Å². The molecule has 2 aromatic carbocycles. The molecule has 0 fully saturated rings. The average molecular weight is 387 g/mol. The molecule has 3 aromatic rings. The number of aryl methyl sites for hydroxylation is 1. The topological polar surface area (TPSA) is 63.2 Å². The molecule has 1 aromatic heterocycles. The van der Waals surface area contributed by atoms with Crippen LogP contribution in [0.5, 0.6) is 5.75 Å². The minimum absolute atomic E-state index is 0.162. The van der Waals surface area contributed by atoms with Gasteiger partial charge in [-0.25, -0.2) is 18.2 Å². The van der Waals surface area contributed by atoms with Gasteiger partial charge in [-0.3, -0.25) is 4.79 Å². The van der Waals surface area contributed by atoms with Crippen LogP contribution in [0.2, 0.25) is 0 Å². The molecule has 0 radical (unpaired) electrons. The Kier molecular flexibility index (Phi) is 5.49. The van der Waals surface area contributed by atoms with Crippen molar-refractivity contribution in [2.45, 2.75) is 6.92 Å². The lowest BCUT2D eigenvalue weighted by Gasteiger charge is -2.11. The van der Waals surface area contributed by atoms with Gasteiger partial charge in [-0.1, -0.05) is 6.07 Å². The number of carbonyl (C=O) groups excluding carboxylic acids is 1. The lowest BCUT2D eigenvalue weighted by molar-refractivity contribution is 0.102. The van der Waals surface area contributed by atoms with Gasteiger partial charge in [0, 0.05) is 6.20 Å². The van der Waals surface area contributed by atoms with E-state index in [-0.39, 0.29) is 17.1 Å². The van der Waals surface area contributed by atoms with E-state index in [9.17, 15) is 18.0 Å². The van der Waals surface area contributed by atoms with E-state index in [4.69, 9.17) is 4.74 Å². The number of ether oxygens (including phenoxy) is 1. The Hall–Kier alpha value is -3.55. The van der Waals surface area contributed by atoms with Crippen molar-refractivity contribution in [1.82, 2.24) is 4.98 Å². The Bertz CT molecular complexity index is 1020. The molecule has 0 saturated heterocycles. The molecule has 0 aliphatic carbocycles. The summed E-state index contributed by atoms with van der Waals surface area (Å²) < 4.78 is 45.2. The van der Waals surface area contributed by atoms with Gasteiger partial charge in [-0.15, -0.1) is 0 Å². The summed E-state index contributed by atoms with van der Waals surface area (Å²) in [6.07, 6.45) is 1.28. The summed E-state index contributed by atoms with van der Waals surface area (Å²) >= 11 is 0. The Labute approximate surface area is 159 Å². The van der Waals surface area contributed by atoms with Crippen LogP contribution in [0, 0.1) is 24.4 Å². The number of nitrogens with one attached hydrogen (secondary N) is 2. The lowest BCUT2D eigenvalue weighted by atomic mass is 10.2. The van der Waals surface area contributed by atoms with Crippen LogP contribution in [0.15, 0.2) is 48.7 Å². The first kappa shape index (κ1) is 19.2. The van der Waals surface area contributed by atoms with Crippen molar-refractivity contribution in [2.24, 2.45) is 0 Å². The summed E-state index contributed by atoms with van der Waals surface area (Å²) in [5, 5.41) is 5.27. The van der Waals surface area contributed by atoms with Gasteiger partial charge >= 0.3 is 0 Å². The number of amides is 1. The molecule has 3 rings (SSSR count). The Morgan fingerprint density at radius 1 is 1.00 bits per heavy atom. The number of rotatable bonds is 5. The van der Waals surface area contributed by atoms with Gasteiger partial charge in [0.2, 0.25) is 0 Å². The number of anilines is 3. The number of carbonyl (C=O) groups is 1. The SMILES string of the molecule is COc1ccc(C)cc1NC(=O)c1ccc(Nc2ccc(F)c(F)c2F)nc1. The highest BCUT2D eigenvalue weighted by Gasteiger charge is 2.14. The molecule has 0 bridgehead atoms. The third-order valence-electron chi connectivity index (χ3n) is 3.93. The highest BCUT2D eigenvalue weighted by molar-refractivity contribution is 6.05. The molecule has 8 heteroatoms. The third kappa shape index (κ3) is 4.06. The monoisotopic (exact) mass is 387 g/mol. The fourth-order valence-electron chi connectivity index (χ4n) is 2.48. The van der Waals surface area contributed by atoms with E-state index in [0.29, 0.717) is 11.4 Å². The summed E-state index contributed by atoms with van der Waals surface area (Å²) in [4.78, 5) is 16.4. The lowest BCUT2D eigenvalue weighted by Crippen LogP contribution is -2.13.